The number of thiazole rings is 1. The van der Waals surface area contributed by atoms with E-state index in [0.717, 1.165) is 15.2 Å². The van der Waals surface area contributed by atoms with Crippen LogP contribution in [0.1, 0.15) is 21.8 Å². The number of benzene rings is 1. The molecule has 0 spiro atoms. The number of likely N-dealkylation sites (tertiary alicyclic amines) is 1. The van der Waals surface area contributed by atoms with Crippen LogP contribution in [0.2, 0.25) is 0 Å². The van der Waals surface area contributed by atoms with Crippen LogP contribution in [0, 0.1) is 12.8 Å². The number of primary sulfonamides is 1. The molecule has 6 nitrogen and oxygen atoms in total. The van der Waals surface area contributed by atoms with Crippen molar-refractivity contribution in [3.8, 4) is 0 Å². The summed E-state index contributed by atoms with van der Waals surface area (Å²) < 4.78 is 23.3. The Bertz CT molecular complexity index is 829. The molecule has 1 aliphatic heterocycles. The van der Waals surface area contributed by atoms with Crippen molar-refractivity contribution in [2.24, 2.45) is 11.1 Å². The molecule has 22 heavy (non-hydrogen) atoms. The normalized spacial score (nSPS) is 19.0. The maximum absolute atomic E-state index is 12.5. The fraction of sp³-hybridized carbons (Fsp3) is 0.429. The number of sulfonamides is 1. The second kappa shape index (κ2) is 5.60. The van der Waals surface area contributed by atoms with Crippen molar-refractivity contribution in [1.29, 1.82) is 0 Å². The molecular formula is C14H17N3O3S2. The number of carbonyl (C=O) groups excluding carboxylic acids is 1. The largest absolute Gasteiger partial charge is 0.338 e. The summed E-state index contributed by atoms with van der Waals surface area (Å²) in [6.07, 6.45) is 0.671. The van der Waals surface area contributed by atoms with Gasteiger partial charge in [-0.05, 0) is 37.5 Å². The summed E-state index contributed by atoms with van der Waals surface area (Å²) in [6, 6.07) is 5.48. The van der Waals surface area contributed by atoms with E-state index in [-0.39, 0.29) is 17.6 Å². The fourth-order valence-electron chi connectivity index (χ4n) is 2.84. The van der Waals surface area contributed by atoms with Gasteiger partial charge in [-0.15, -0.1) is 11.3 Å². The van der Waals surface area contributed by atoms with Crippen LogP contribution in [-0.4, -0.2) is 43.1 Å². The summed E-state index contributed by atoms with van der Waals surface area (Å²) in [5.41, 5.74) is 1.51. The van der Waals surface area contributed by atoms with Crippen molar-refractivity contribution in [3.63, 3.8) is 0 Å². The maximum Gasteiger partial charge on any atom is 0.253 e. The third-order valence-electron chi connectivity index (χ3n) is 3.78. The summed E-state index contributed by atoms with van der Waals surface area (Å²) in [6.45, 7) is 2.94. The van der Waals surface area contributed by atoms with Gasteiger partial charge >= 0.3 is 0 Å². The van der Waals surface area contributed by atoms with E-state index in [1.54, 1.807) is 22.3 Å². The van der Waals surface area contributed by atoms with E-state index < -0.39 is 10.0 Å². The molecule has 0 aliphatic carbocycles. The molecule has 1 fully saturated rings. The minimum Gasteiger partial charge on any atom is -0.338 e. The summed E-state index contributed by atoms with van der Waals surface area (Å²) >= 11 is 1.56. The molecule has 8 heteroatoms. The zero-order valence-corrected chi connectivity index (χ0v) is 13.8. The monoisotopic (exact) mass is 339 g/mol. The van der Waals surface area contributed by atoms with E-state index in [1.165, 1.54) is 0 Å². The standard InChI is InChI=1S/C14H17N3O3S2/c1-9-16-12-3-2-11(6-13(12)21-9)14(18)17-5-4-10(7-17)8-22(15,19)20/h2-3,6,10H,4-5,7-8H2,1H3,(H2,15,19,20)/t10-/m0/s1. The molecule has 0 bridgehead atoms. The average molecular weight is 339 g/mol. The Kier molecular flexibility index (Phi) is 3.92. The van der Waals surface area contributed by atoms with E-state index in [9.17, 15) is 13.2 Å². The molecule has 0 unspecified atom stereocenters. The third-order valence-corrected chi connectivity index (χ3v) is 5.65. The van der Waals surface area contributed by atoms with Gasteiger partial charge in [0.25, 0.3) is 5.91 Å². The fourth-order valence-corrected chi connectivity index (χ4v) is 4.63. The molecule has 1 saturated heterocycles. The second-order valence-corrected chi connectivity index (χ2v) is 8.54. The van der Waals surface area contributed by atoms with Gasteiger partial charge < -0.3 is 4.90 Å². The van der Waals surface area contributed by atoms with Gasteiger partial charge in [-0.1, -0.05) is 0 Å². The van der Waals surface area contributed by atoms with E-state index >= 15 is 0 Å². The minimum absolute atomic E-state index is 0.0649. The van der Waals surface area contributed by atoms with Crippen LogP contribution in [0.15, 0.2) is 18.2 Å². The number of aromatic nitrogens is 1. The van der Waals surface area contributed by atoms with Crippen molar-refractivity contribution in [2.75, 3.05) is 18.8 Å². The molecule has 2 N–H and O–H groups in total. The lowest BCUT2D eigenvalue weighted by Gasteiger charge is -2.16. The molecule has 2 aromatic rings. The molecule has 1 amide bonds. The van der Waals surface area contributed by atoms with Crippen molar-refractivity contribution < 1.29 is 13.2 Å². The van der Waals surface area contributed by atoms with Crippen molar-refractivity contribution in [1.82, 2.24) is 9.88 Å². The molecule has 1 aliphatic rings. The minimum atomic E-state index is -3.49. The van der Waals surface area contributed by atoms with Gasteiger partial charge in [0.05, 0.1) is 21.0 Å². The predicted octanol–water partition coefficient (Wildman–Crippen LogP) is 1.36. The van der Waals surface area contributed by atoms with Gasteiger partial charge in [0.2, 0.25) is 10.0 Å². The Hall–Kier alpha value is -1.51. The first-order valence-electron chi connectivity index (χ1n) is 6.99. The molecule has 1 atom stereocenters. The number of hydrogen-bond acceptors (Lipinski definition) is 5. The maximum atomic E-state index is 12.5. The summed E-state index contributed by atoms with van der Waals surface area (Å²) in [5.74, 6) is -0.206. The number of fused-ring (bicyclic) bond motifs is 1. The summed E-state index contributed by atoms with van der Waals surface area (Å²) in [7, 11) is -3.49. The zero-order valence-electron chi connectivity index (χ0n) is 12.2. The Balaban J connectivity index is 1.75. The first kappa shape index (κ1) is 15.4. The number of rotatable bonds is 3. The van der Waals surface area contributed by atoms with Crippen LogP contribution >= 0.6 is 11.3 Å². The van der Waals surface area contributed by atoms with E-state index in [0.29, 0.717) is 25.1 Å². The molecule has 2 heterocycles. The number of nitrogens with zero attached hydrogens (tertiary/aromatic N) is 2. The highest BCUT2D eigenvalue weighted by atomic mass is 32.2. The Morgan fingerprint density at radius 2 is 2.27 bits per heavy atom. The predicted molar refractivity (Wildman–Crippen MR) is 86.3 cm³/mol. The van der Waals surface area contributed by atoms with Gasteiger partial charge in [-0.3, -0.25) is 4.79 Å². The number of aryl methyl sites for hydroxylation is 1. The van der Waals surface area contributed by atoms with Gasteiger partial charge in [0.1, 0.15) is 0 Å². The van der Waals surface area contributed by atoms with E-state index in [4.69, 9.17) is 5.14 Å². The molecular weight excluding hydrogens is 322 g/mol. The number of amides is 1. The number of hydrogen-bond donors (Lipinski definition) is 1. The van der Waals surface area contributed by atoms with Crippen LogP contribution in [0.25, 0.3) is 10.2 Å². The summed E-state index contributed by atoms with van der Waals surface area (Å²) in [4.78, 5) is 18.6. The van der Waals surface area contributed by atoms with Crippen LogP contribution < -0.4 is 5.14 Å². The molecule has 1 aromatic carbocycles. The smallest absolute Gasteiger partial charge is 0.253 e. The van der Waals surface area contributed by atoms with Crippen molar-refractivity contribution in [2.45, 2.75) is 13.3 Å². The number of carbonyl (C=O) groups is 1. The van der Waals surface area contributed by atoms with E-state index in [2.05, 4.69) is 4.98 Å². The SMILES string of the molecule is Cc1nc2ccc(C(=O)N3CC[C@H](CS(N)(=O)=O)C3)cc2s1. The first-order valence-corrected chi connectivity index (χ1v) is 9.52. The number of nitrogens with two attached hydrogens (primary N) is 1. The highest BCUT2D eigenvalue weighted by molar-refractivity contribution is 7.89. The van der Waals surface area contributed by atoms with Gasteiger partial charge in [-0.2, -0.15) is 0 Å². The Labute approximate surface area is 133 Å². The quantitative estimate of drug-likeness (QED) is 0.913. The molecule has 118 valence electrons. The average Bonchev–Trinajstić information content (AvgIpc) is 3.00. The summed E-state index contributed by atoms with van der Waals surface area (Å²) in [5, 5.41) is 6.04. The van der Waals surface area contributed by atoms with Gasteiger partial charge in [0, 0.05) is 18.7 Å². The lowest BCUT2D eigenvalue weighted by atomic mass is 10.1. The Morgan fingerprint density at radius 3 is 3.00 bits per heavy atom. The molecule has 0 radical (unpaired) electrons. The molecule has 3 rings (SSSR count). The van der Waals surface area contributed by atoms with Crippen LogP contribution in [0.3, 0.4) is 0 Å². The molecule has 0 saturated carbocycles. The third kappa shape index (κ3) is 3.29. The van der Waals surface area contributed by atoms with Gasteiger partial charge in [-0.25, -0.2) is 18.5 Å². The van der Waals surface area contributed by atoms with Crippen LogP contribution in [0.5, 0.6) is 0 Å². The lowest BCUT2D eigenvalue weighted by Crippen LogP contribution is -2.30. The van der Waals surface area contributed by atoms with Crippen LogP contribution in [0.4, 0.5) is 0 Å². The van der Waals surface area contributed by atoms with Crippen molar-refractivity contribution >= 4 is 37.5 Å². The zero-order chi connectivity index (χ0) is 15.9. The van der Waals surface area contributed by atoms with E-state index in [1.807, 2.05) is 19.1 Å². The molecule has 1 aromatic heterocycles. The highest BCUT2D eigenvalue weighted by Crippen LogP contribution is 2.25. The first-order chi connectivity index (χ1) is 10.3. The Morgan fingerprint density at radius 1 is 1.50 bits per heavy atom. The van der Waals surface area contributed by atoms with Crippen LogP contribution in [-0.2, 0) is 10.0 Å². The highest BCUT2D eigenvalue weighted by Gasteiger charge is 2.29. The second-order valence-electron chi connectivity index (χ2n) is 5.65. The van der Waals surface area contributed by atoms with Crippen molar-refractivity contribution in [3.05, 3.63) is 28.8 Å². The van der Waals surface area contributed by atoms with Gasteiger partial charge in [0.15, 0.2) is 0 Å². The lowest BCUT2D eigenvalue weighted by molar-refractivity contribution is 0.0788. The topological polar surface area (TPSA) is 93.4 Å².